The molecule has 2 aromatic carbocycles. The monoisotopic (exact) mass is 294 g/mol. The van der Waals surface area contributed by atoms with Crippen molar-refractivity contribution in [2.75, 3.05) is 6.54 Å². The zero-order chi connectivity index (χ0) is 15.5. The molecule has 0 saturated heterocycles. The van der Waals surface area contributed by atoms with Crippen molar-refractivity contribution in [3.05, 3.63) is 71.4 Å². The molecule has 22 heavy (non-hydrogen) atoms. The Morgan fingerprint density at radius 2 is 2.05 bits per heavy atom. The number of aliphatic hydroxyl groups is 1. The van der Waals surface area contributed by atoms with Gasteiger partial charge in [0.1, 0.15) is 0 Å². The second kappa shape index (κ2) is 6.03. The lowest BCUT2D eigenvalue weighted by atomic mass is 10.0. The Morgan fingerprint density at radius 3 is 2.86 bits per heavy atom. The number of amides is 1. The SMILES string of the molecule is Cc1ccccc1[C@@H](O)CNC(=O)c1ccc2[nH]ccc2c1. The molecule has 1 amide bonds. The van der Waals surface area contributed by atoms with Gasteiger partial charge in [0.25, 0.3) is 5.91 Å². The number of hydrogen-bond donors (Lipinski definition) is 3. The Balaban J connectivity index is 1.68. The first-order chi connectivity index (χ1) is 10.6. The quantitative estimate of drug-likeness (QED) is 0.692. The lowest BCUT2D eigenvalue weighted by molar-refractivity contribution is 0.0916. The van der Waals surface area contributed by atoms with Crippen LogP contribution < -0.4 is 5.32 Å². The van der Waals surface area contributed by atoms with E-state index in [1.165, 1.54) is 0 Å². The smallest absolute Gasteiger partial charge is 0.251 e. The minimum absolute atomic E-state index is 0.185. The standard InChI is InChI=1S/C18H18N2O2/c1-12-4-2-3-5-15(12)17(21)11-20-18(22)14-6-7-16-13(10-14)8-9-19-16/h2-10,17,19,21H,11H2,1H3,(H,20,22)/t17-/m0/s1. The Labute approximate surface area is 128 Å². The minimum Gasteiger partial charge on any atom is -0.387 e. The summed E-state index contributed by atoms with van der Waals surface area (Å²) in [6.07, 6.45) is 1.13. The van der Waals surface area contributed by atoms with E-state index in [2.05, 4.69) is 10.3 Å². The van der Waals surface area contributed by atoms with Crippen molar-refractivity contribution in [1.29, 1.82) is 0 Å². The van der Waals surface area contributed by atoms with Crippen LogP contribution in [0.25, 0.3) is 10.9 Å². The molecule has 1 aromatic heterocycles. The van der Waals surface area contributed by atoms with Crippen molar-refractivity contribution in [3.8, 4) is 0 Å². The second-order valence-corrected chi connectivity index (χ2v) is 5.36. The number of fused-ring (bicyclic) bond motifs is 1. The number of aromatic nitrogens is 1. The molecule has 0 unspecified atom stereocenters. The minimum atomic E-state index is -0.707. The number of benzene rings is 2. The molecule has 112 valence electrons. The predicted octanol–water partition coefficient (Wildman–Crippen LogP) is 2.94. The van der Waals surface area contributed by atoms with E-state index >= 15 is 0 Å². The summed E-state index contributed by atoms with van der Waals surface area (Å²) in [4.78, 5) is 15.3. The summed E-state index contributed by atoms with van der Waals surface area (Å²) in [5.74, 6) is -0.185. The summed E-state index contributed by atoms with van der Waals surface area (Å²) in [6, 6.07) is 15.0. The average molecular weight is 294 g/mol. The van der Waals surface area contributed by atoms with E-state index in [9.17, 15) is 9.90 Å². The zero-order valence-corrected chi connectivity index (χ0v) is 12.3. The molecule has 3 N–H and O–H groups in total. The molecule has 0 aliphatic carbocycles. The highest BCUT2D eigenvalue weighted by molar-refractivity contribution is 5.98. The van der Waals surface area contributed by atoms with Gasteiger partial charge in [0.15, 0.2) is 0 Å². The molecule has 0 fully saturated rings. The third-order valence-electron chi connectivity index (χ3n) is 3.82. The summed E-state index contributed by atoms with van der Waals surface area (Å²) < 4.78 is 0. The van der Waals surface area contributed by atoms with Crippen LogP contribution in [-0.2, 0) is 0 Å². The number of H-pyrrole nitrogens is 1. The van der Waals surface area contributed by atoms with Crippen LogP contribution in [0.4, 0.5) is 0 Å². The molecule has 3 rings (SSSR count). The van der Waals surface area contributed by atoms with Crippen LogP contribution in [0.2, 0.25) is 0 Å². The molecule has 0 spiro atoms. The largest absolute Gasteiger partial charge is 0.387 e. The maximum atomic E-state index is 12.2. The average Bonchev–Trinajstić information content (AvgIpc) is 3.00. The van der Waals surface area contributed by atoms with Crippen LogP contribution >= 0.6 is 0 Å². The van der Waals surface area contributed by atoms with Gasteiger partial charge in [0, 0.05) is 29.2 Å². The Morgan fingerprint density at radius 1 is 1.23 bits per heavy atom. The molecule has 0 bridgehead atoms. The molecule has 0 aliphatic rings. The number of aromatic amines is 1. The van der Waals surface area contributed by atoms with E-state index in [1.54, 1.807) is 6.07 Å². The van der Waals surface area contributed by atoms with Gasteiger partial charge in [-0.2, -0.15) is 0 Å². The van der Waals surface area contributed by atoms with Gasteiger partial charge in [0.2, 0.25) is 0 Å². The highest BCUT2D eigenvalue weighted by Gasteiger charge is 2.12. The summed E-state index contributed by atoms with van der Waals surface area (Å²) in [5, 5.41) is 14.0. The number of rotatable bonds is 4. The van der Waals surface area contributed by atoms with E-state index in [1.807, 2.05) is 55.6 Å². The van der Waals surface area contributed by atoms with Crippen molar-refractivity contribution < 1.29 is 9.90 Å². The van der Waals surface area contributed by atoms with E-state index in [0.29, 0.717) is 5.56 Å². The van der Waals surface area contributed by atoms with E-state index in [0.717, 1.165) is 22.0 Å². The third-order valence-corrected chi connectivity index (χ3v) is 3.82. The van der Waals surface area contributed by atoms with Crippen LogP contribution in [0.5, 0.6) is 0 Å². The number of carbonyl (C=O) groups excluding carboxylic acids is 1. The highest BCUT2D eigenvalue weighted by atomic mass is 16.3. The third kappa shape index (κ3) is 2.87. The highest BCUT2D eigenvalue weighted by Crippen LogP contribution is 2.17. The number of carbonyl (C=O) groups is 1. The summed E-state index contributed by atoms with van der Waals surface area (Å²) in [5.41, 5.74) is 3.43. The second-order valence-electron chi connectivity index (χ2n) is 5.36. The van der Waals surface area contributed by atoms with Gasteiger partial charge in [-0.25, -0.2) is 0 Å². The van der Waals surface area contributed by atoms with Gasteiger partial charge in [0.05, 0.1) is 6.10 Å². The molecular weight excluding hydrogens is 276 g/mol. The normalized spacial score (nSPS) is 12.3. The zero-order valence-electron chi connectivity index (χ0n) is 12.3. The topological polar surface area (TPSA) is 65.1 Å². The molecule has 0 saturated carbocycles. The van der Waals surface area contributed by atoms with Gasteiger partial charge >= 0.3 is 0 Å². The van der Waals surface area contributed by atoms with Gasteiger partial charge in [-0.15, -0.1) is 0 Å². The van der Waals surface area contributed by atoms with Crippen molar-refractivity contribution in [2.24, 2.45) is 0 Å². The molecule has 0 aliphatic heterocycles. The number of hydrogen-bond acceptors (Lipinski definition) is 2. The Hall–Kier alpha value is -2.59. The lowest BCUT2D eigenvalue weighted by Gasteiger charge is -2.14. The van der Waals surface area contributed by atoms with Crippen molar-refractivity contribution in [2.45, 2.75) is 13.0 Å². The summed E-state index contributed by atoms with van der Waals surface area (Å²) in [6.45, 7) is 2.13. The fourth-order valence-electron chi connectivity index (χ4n) is 2.56. The van der Waals surface area contributed by atoms with Crippen LogP contribution in [0, 0.1) is 6.92 Å². The fourth-order valence-corrected chi connectivity index (χ4v) is 2.56. The molecule has 3 aromatic rings. The maximum absolute atomic E-state index is 12.2. The molecule has 4 heteroatoms. The van der Waals surface area contributed by atoms with Crippen LogP contribution in [0.15, 0.2) is 54.7 Å². The van der Waals surface area contributed by atoms with Crippen LogP contribution in [0.1, 0.15) is 27.6 Å². The Kier molecular flexibility index (Phi) is 3.94. The first kappa shape index (κ1) is 14.4. The van der Waals surface area contributed by atoms with Crippen LogP contribution in [-0.4, -0.2) is 22.5 Å². The number of aryl methyl sites for hydroxylation is 1. The maximum Gasteiger partial charge on any atom is 0.251 e. The van der Waals surface area contributed by atoms with Crippen molar-refractivity contribution >= 4 is 16.8 Å². The first-order valence-electron chi connectivity index (χ1n) is 7.24. The molecule has 0 radical (unpaired) electrons. The lowest BCUT2D eigenvalue weighted by Crippen LogP contribution is -2.28. The van der Waals surface area contributed by atoms with Gasteiger partial charge < -0.3 is 15.4 Å². The van der Waals surface area contributed by atoms with Gasteiger partial charge in [-0.3, -0.25) is 4.79 Å². The number of nitrogens with one attached hydrogen (secondary N) is 2. The van der Waals surface area contributed by atoms with Crippen molar-refractivity contribution in [1.82, 2.24) is 10.3 Å². The number of aliphatic hydroxyl groups excluding tert-OH is 1. The predicted molar refractivity (Wildman–Crippen MR) is 86.8 cm³/mol. The summed E-state index contributed by atoms with van der Waals surface area (Å²) in [7, 11) is 0. The molecule has 4 nitrogen and oxygen atoms in total. The first-order valence-corrected chi connectivity index (χ1v) is 7.24. The summed E-state index contributed by atoms with van der Waals surface area (Å²) >= 11 is 0. The van der Waals surface area contributed by atoms with Crippen LogP contribution in [0.3, 0.4) is 0 Å². The fraction of sp³-hybridized carbons (Fsp3) is 0.167. The molecule has 1 atom stereocenters. The van der Waals surface area contributed by atoms with E-state index in [-0.39, 0.29) is 12.5 Å². The molecule has 1 heterocycles. The van der Waals surface area contributed by atoms with E-state index < -0.39 is 6.10 Å². The van der Waals surface area contributed by atoms with Crippen molar-refractivity contribution in [3.63, 3.8) is 0 Å². The van der Waals surface area contributed by atoms with Gasteiger partial charge in [-0.05, 0) is 42.3 Å². The van der Waals surface area contributed by atoms with E-state index in [4.69, 9.17) is 0 Å². The Bertz CT molecular complexity index is 807. The molecular formula is C18H18N2O2. The van der Waals surface area contributed by atoms with Gasteiger partial charge in [-0.1, -0.05) is 24.3 Å².